The zero-order valence-corrected chi connectivity index (χ0v) is 43.3. The maximum Gasteiger partial charge on any atom is 0.160 e. The lowest BCUT2D eigenvalue weighted by atomic mass is 9.95. The molecule has 0 N–H and O–H groups in total. The lowest BCUT2D eigenvalue weighted by Crippen LogP contribution is -1.97. The van der Waals surface area contributed by atoms with E-state index in [0.717, 1.165) is 72.2 Å². The zero-order valence-electron chi connectivity index (χ0n) is 43.3. The van der Waals surface area contributed by atoms with E-state index in [-0.39, 0.29) is 0 Å². The number of nitrogens with zero attached hydrogens (tertiary/aromatic N) is 8. The number of nitriles is 3. The summed E-state index contributed by atoms with van der Waals surface area (Å²) in [6.45, 7) is 0. The van der Waals surface area contributed by atoms with Gasteiger partial charge in [-0.05, 0) is 131 Å². The number of para-hydroxylation sites is 4. The summed E-state index contributed by atoms with van der Waals surface area (Å²) in [5.41, 5.74) is 18.9. The van der Waals surface area contributed by atoms with E-state index in [1.54, 1.807) is 30.3 Å². The van der Waals surface area contributed by atoms with Crippen LogP contribution in [0, 0.1) is 34.0 Å². The normalized spacial score (nSPS) is 11.4. The van der Waals surface area contributed by atoms with Gasteiger partial charge in [-0.25, -0.2) is 9.97 Å². The van der Waals surface area contributed by atoms with Gasteiger partial charge in [0.15, 0.2) is 5.82 Å². The van der Waals surface area contributed by atoms with Gasteiger partial charge in [0.2, 0.25) is 0 Å². The van der Waals surface area contributed by atoms with Crippen molar-refractivity contribution >= 4 is 65.4 Å². The van der Waals surface area contributed by atoms with Gasteiger partial charge in [0, 0.05) is 66.1 Å². The molecule has 15 aromatic rings. The summed E-state index contributed by atoms with van der Waals surface area (Å²) in [6.07, 6.45) is 0. The predicted molar refractivity (Wildman–Crippen MR) is 326 cm³/mol. The molecule has 0 aliphatic rings. The van der Waals surface area contributed by atoms with Gasteiger partial charge in [-0.1, -0.05) is 146 Å². The Morgan fingerprint density at radius 2 is 0.667 bits per heavy atom. The van der Waals surface area contributed by atoms with Crippen molar-refractivity contribution in [1.29, 1.82) is 15.8 Å². The molecule has 15 rings (SSSR count). The molecular formula is C73H42N8. The topological polar surface area (TPSA) is 112 Å². The average molecular weight is 1030 g/mol. The summed E-state index contributed by atoms with van der Waals surface area (Å²) in [5.74, 6) is 0.429. The molecular weight excluding hydrogens is 989 g/mol. The van der Waals surface area contributed by atoms with Crippen LogP contribution in [0.2, 0.25) is 0 Å². The smallest absolute Gasteiger partial charge is 0.160 e. The summed E-state index contributed by atoms with van der Waals surface area (Å²) < 4.78 is 7.17. The van der Waals surface area contributed by atoms with Crippen LogP contribution in [0.5, 0.6) is 0 Å². The highest BCUT2D eigenvalue weighted by molar-refractivity contribution is 6.14. The molecule has 0 atom stereocenters. The van der Waals surface area contributed by atoms with Crippen molar-refractivity contribution in [2.75, 3.05) is 0 Å². The van der Waals surface area contributed by atoms with E-state index in [2.05, 4.69) is 214 Å². The summed E-state index contributed by atoms with van der Waals surface area (Å²) >= 11 is 0. The Morgan fingerprint density at radius 1 is 0.272 bits per heavy atom. The molecule has 0 saturated heterocycles. The molecule has 0 fully saturated rings. The second-order valence-electron chi connectivity index (χ2n) is 20.3. The fraction of sp³-hybridized carbons (Fsp3) is 0. The molecule has 0 aliphatic carbocycles. The number of hydrogen-bond acceptors (Lipinski definition) is 5. The molecule has 0 saturated carbocycles. The minimum Gasteiger partial charge on any atom is -0.309 e. The number of aromatic nitrogens is 5. The molecule has 0 amide bonds. The monoisotopic (exact) mass is 1030 g/mol. The Kier molecular flexibility index (Phi) is 10.8. The van der Waals surface area contributed by atoms with Crippen LogP contribution in [0.1, 0.15) is 16.7 Å². The van der Waals surface area contributed by atoms with E-state index in [1.165, 1.54) is 43.6 Å². The fourth-order valence-corrected chi connectivity index (χ4v) is 12.0. The van der Waals surface area contributed by atoms with Crippen LogP contribution < -0.4 is 0 Å². The first-order valence-electron chi connectivity index (χ1n) is 26.7. The molecule has 11 aromatic carbocycles. The highest BCUT2D eigenvalue weighted by Crippen LogP contribution is 2.41. The number of fused-ring (bicyclic) bond motifs is 9. The van der Waals surface area contributed by atoms with Gasteiger partial charge in [-0.3, -0.25) is 0 Å². The number of benzene rings is 11. The SMILES string of the molecule is N#Cc1cccc(-c2cc(-c3ccc(-c4ccc(-c5ccc(-n6c7ccc(-n8c9ccccc9c9ccccc98)cc7c7cc(-n8c9ccccc9c9ccccc98)ccc76)cc5)cc4)c(C#N)c3)nc(-c3cccc(C#N)c3)n2)c1. The third-order valence-corrected chi connectivity index (χ3v) is 15.8. The Bertz CT molecular complexity index is 4860. The van der Waals surface area contributed by atoms with Crippen molar-refractivity contribution in [2.45, 2.75) is 0 Å². The van der Waals surface area contributed by atoms with E-state index in [9.17, 15) is 15.8 Å². The summed E-state index contributed by atoms with van der Waals surface area (Å²) in [7, 11) is 0. The van der Waals surface area contributed by atoms with Crippen molar-refractivity contribution < 1.29 is 0 Å². The van der Waals surface area contributed by atoms with E-state index in [0.29, 0.717) is 39.5 Å². The van der Waals surface area contributed by atoms with Gasteiger partial charge in [0.25, 0.3) is 0 Å². The largest absolute Gasteiger partial charge is 0.309 e. The van der Waals surface area contributed by atoms with Gasteiger partial charge in [0.1, 0.15) is 0 Å². The van der Waals surface area contributed by atoms with Gasteiger partial charge in [0.05, 0.1) is 79.4 Å². The molecule has 8 heteroatoms. The maximum atomic E-state index is 10.6. The quantitative estimate of drug-likeness (QED) is 0.150. The Balaban J connectivity index is 0.795. The highest BCUT2D eigenvalue weighted by Gasteiger charge is 2.20. The average Bonchev–Trinajstić information content (AvgIpc) is 4.27. The van der Waals surface area contributed by atoms with Crippen molar-refractivity contribution in [3.63, 3.8) is 0 Å². The Hall–Kier alpha value is -11.6. The van der Waals surface area contributed by atoms with Crippen LogP contribution in [0.15, 0.2) is 255 Å². The van der Waals surface area contributed by atoms with E-state index < -0.39 is 0 Å². The van der Waals surface area contributed by atoms with Gasteiger partial charge in [-0.15, -0.1) is 0 Å². The molecule has 4 aromatic heterocycles. The van der Waals surface area contributed by atoms with E-state index in [1.807, 2.05) is 42.5 Å². The lowest BCUT2D eigenvalue weighted by molar-refractivity contribution is 1.16. The fourth-order valence-electron chi connectivity index (χ4n) is 12.0. The third kappa shape index (κ3) is 7.73. The summed E-state index contributed by atoms with van der Waals surface area (Å²) in [6, 6.07) is 94.6. The van der Waals surface area contributed by atoms with Gasteiger partial charge >= 0.3 is 0 Å². The second-order valence-corrected chi connectivity index (χ2v) is 20.3. The molecule has 0 radical (unpaired) electrons. The second kappa shape index (κ2) is 18.8. The third-order valence-electron chi connectivity index (χ3n) is 15.8. The van der Waals surface area contributed by atoms with Crippen molar-refractivity contribution in [2.24, 2.45) is 0 Å². The van der Waals surface area contributed by atoms with E-state index >= 15 is 0 Å². The van der Waals surface area contributed by atoms with Crippen molar-refractivity contribution in [1.82, 2.24) is 23.7 Å². The predicted octanol–water partition coefficient (Wildman–Crippen LogP) is 17.7. The Labute approximate surface area is 465 Å². The molecule has 374 valence electrons. The first-order chi connectivity index (χ1) is 40.0. The molecule has 0 spiro atoms. The van der Waals surface area contributed by atoms with Crippen LogP contribution in [0.25, 0.3) is 139 Å². The molecule has 81 heavy (non-hydrogen) atoms. The summed E-state index contributed by atoms with van der Waals surface area (Å²) in [5, 5.41) is 37.2. The molecule has 8 nitrogen and oxygen atoms in total. The lowest BCUT2D eigenvalue weighted by Gasteiger charge is -2.12. The minimum absolute atomic E-state index is 0.429. The van der Waals surface area contributed by atoms with Crippen LogP contribution in [-0.2, 0) is 0 Å². The highest BCUT2D eigenvalue weighted by atomic mass is 15.0. The van der Waals surface area contributed by atoms with Gasteiger partial charge in [-0.2, -0.15) is 15.8 Å². The van der Waals surface area contributed by atoms with E-state index in [4.69, 9.17) is 9.97 Å². The van der Waals surface area contributed by atoms with Crippen molar-refractivity contribution in [3.05, 3.63) is 271 Å². The summed E-state index contributed by atoms with van der Waals surface area (Å²) in [4.78, 5) is 9.84. The number of rotatable bonds is 8. The first kappa shape index (κ1) is 46.7. The standard InChI is InChI=1S/C73H42N8/c74-43-46-11-9-13-51(37-46)65-42-66(78-73(77-65)53-14-10-12-47(38-53)44-75)52-29-34-58(54(39-52)45-76)50-25-23-48(24-26-50)49-27-30-55(31-28-49)79-71-35-32-56(80-67-19-5-1-15-59(67)60-16-2-6-20-68(60)80)40-63(71)64-41-57(33-36-72(64)79)81-69-21-7-3-17-61(69)62-18-4-8-22-70(62)81/h1-42H. The number of hydrogen-bond donors (Lipinski definition) is 0. The van der Waals surface area contributed by atoms with Crippen LogP contribution in [0.4, 0.5) is 0 Å². The van der Waals surface area contributed by atoms with Crippen molar-refractivity contribution in [3.8, 4) is 91.4 Å². The van der Waals surface area contributed by atoms with Crippen LogP contribution >= 0.6 is 0 Å². The molecule has 4 heterocycles. The minimum atomic E-state index is 0.429. The zero-order chi connectivity index (χ0) is 54.1. The maximum absolute atomic E-state index is 10.6. The van der Waals surface area contributed by atoms with Crippen LogP contribution in [0.3, 0.4) is 0 Å². The molecule has 0 unspecified atom stereocenters. The molecule has 0 bridgehead atoms. The first-order valence-corrected chi connectivity index (χ1v) is 26.7. The van der Waals surface area contributed by atoms with Crippen LogP contribution in [-0.4, -0.2) is 23.7 Å². The molecule has 0 aliphatic heterocycles. The van der Waals surface area contributed by atoms with Gasteiger partial charge < -0.3 is 13.7 Å². The Morgan fingerprint density at radius 3 is 1.16 bits per heavy atom.